The molecule has 0 N–H and O–H groups in total. The molecule has 0 atom stereocenters. The van der Waals surface area contributed by atoms with Crippen molar-refractivity contribution in [2.45, 2.75) is 62.9 Å². The van der Waals surface area contributed by atoms with Gasteiger partial charge in [-0.15, -0.1) is 0 Å². The molecule has 24 heavy (non-hydrogen) atoms. The highest BCUT2D eigenvalue weighted by atomic mass is 32.2. The van der Waals surface area contributed by atoms with E-state index < -0.39 is 0 Å². The SMILES string of the molecule is Cc1nc(SCc2ccc([N+](=O)[O-])cc2)n(C2CCCCC2)c1C. The second kappa shape index (κ2) is 7.38. The summed E-state index contributed by atoms with van der Waals surface area (Å²) in [6.45, 7) is 4.23. The van der Waals surface area contributed by atoms with Gasteiger partial charge in [0.1, 0.15) is 0 Å². The number of non-ortho nitro benzene ring substituents is 1. The number of benzene rings is 1. The minimum absolute atomic E-state index is 0.138. The van der Waals surface area contributed by atoms with Crippen LogP contribution in [0.15, 0.2) is 29.4 Å². The Bertz CT molecular complexity index is 719. The number of nitro benzene ring substituents is 1. The Morgan fingerprint density at radius 3 is 2.50 bits per heavy atom. The zero-order valence-electron chi connectivity index (χ0n) is 14.2. The maximum absolute atomic E-state index is 10.7. The number of aryl methyl sites for hydroxylation is 1. The Hall–Kier alpha value is -1.82. The van der Waals surface area contributed by atoms with Gasteiger partial charge in [-0.1, -0.05) is 43.2 Å². The van der Waals surface area contributed by atoms with Crippen LogP contribution in [0.3, 0.4) is 0 Å². The van der Waals surface area contributed by atoms with E-state index in [0.717, 1.165) is 22.2 Å². The summed E-state index contributed by atoms with van der Waals surface area (Å²) in [5.41, 5.74) is 3.60. The van der Waals surface area contributed by atoms with Crippen LogP contribution in [-0.4, -0.2) is 14.5 Å². The number of hydrogen-bond donors (Lipinski definition) is 0. The predicted molar refractivity (Wildman–Crippen MR) is 96.5 cm³/mol. The van der Waals surface area contributed by atoms with Crippen LogP contribution in [0.4, 0.5) is 5.69 Å². The van der Waals surface area contributed by atoms with Crippen molar-refractivity contribution >= 4 is 17.4 Å². The van der Waals surface area contributed by atoms with E-state index in [9.17, 15) is 10.1 Å². The molecule has 5 nitrogen and oxygen atoms in total. The molecule has 1 aromatic heterocycles. The molecule has 1 heterocycles. The van der Waals surface area contributed by atoms with Crippen LogP contribution in [0.2, 0.25) is 0 Å². The molecule has 3 rings (SSSR count). The van der Waals surface area contributed by atoms with Crippen molar-refractivity contribution in [3.05, 3.63) is 51.3 Å². The van der Waals surface area contributed by atoms with Gasteiger partial charge in [0.2, 0.25) is 0 Å². The quantitative estimate of drug-likeness (QED) is 0.424. The summed E-state index contributed by atoms with van der Waals surface area (Å²) < 4.78 is 2.42. The molecule has 1 saturated carbocycles. The lowest BCUT2D eigenvalue weighted by Gasteiger charge is -2.26. The number of imidazole rings is 1. The first-order valence-electron chi connectivity index (χ1n) is 8.48. The first kappa shape index (κ1) is 17.0. The summed E-state index contributed by atoms with van der Waals surface area (Å²) in [6.07, 6.45) is 6.42. The fourth-order valence-electron chi connectivity index (χ4n) is 3.33. The molecule has 0 aliphatic heterocycles. The Morgan fingerprint density at radius 1 is 1.21 bits per heavy atom. The van der Waals surface area contributed by atoms with E-state index >= 15 is 0 Å². The van der Waals surface area contributed by atoms with Crippen molar-refractivity contribution < 1.29 is 4.92 Å². The van der Waals surface area contributed by atoms with Gasteiger partial charge in [-0.25, -0.2) is 4.98 Å². The lowest BCUT2D eigenvalue weighted by molar-refractivity contribution is -0.384. The van der Waals surface area contributed by atoms with Crippen LogP contribution >= 0.6 is 11.8 Å². The van der Waals surface area contributed by atoms with Gasteiger partial charge in [0.15, 0.2) is 5.16 Å². The molecule has 1 aromatic carbocycles. The summed E-state index contributed by atoms with van der Waals surface area (Å²) >= 11 is 1.73. The minimum atomic E-state index is -0.362. The second-order valence-corrected chi connectivity index (χ2v) is 7.38. The average molecular weight is 345 g/mol. The molecule has 128 valence electrons. The largest absolute Gasteiger partial charge is 0.320 e. The molecule has 1 aliphatic carbocycles. The highest BCUT2D eigenvalue weighted by Gasteiger charge is 2.22. The third-order valence-corrected chi connectivity index (χ3v) is 5.83. The van der Waals surface area contributed by atoms with E-state index in [-0.39, 0.29) is 10.6 Å². The van der Waals surface area contributed by atoms with E-state index in [4.69, 9.17) is 4.98 Å². The molecule has 0 unspecified atom stereocenters. The van der Waals surface area contributed by atoms with Crippen LogP contribution in [0.1, 0.15) is 55.1 Å². The van der Waals surface area contributed by atoms with Crippen molar-refractivity contribution in [1.82, 2.24) is 9.55 Å². The van der Waals surface area contributed by atoms with Crippen molar-refractivity contribution in [1.29, 1.82) is 0 Å². The molecule has 0 radical (unpaired) electrons. The first-order valence-corrected chi connectivity index (χ1v) is 9.46. The molecular formula is C18H23N3O2S. The Morgan fingerprint density at radius 2 is 1.88 bits per heavy atom. The number of hydrogen-bond acceptors (Lipinski definition) is 4. The van der Waals surface area contributed by atoms with Crippen LogP contribution in [0.25, 0.3) is 0 Å². The fourth-order valence-corrected chi connectivity index (χ4v) is 4.44. The average Bonchev–Trinajstić information content (AvgIpc) is 2.88. The van der Waals surface area contributed by atoms with Crippen molar-refractivity contribution in [2.24, 2.45) is 0 Å². The molecule has 6 heteroatoms. The van der Waals surface area contributed by atoms with E-state index in [2.05, 4.69) is 18.4 Å². The first-order chi connectivity index (χ1) is 11.6. The van der Waals surface area contributed by atoms with E-state index in [0.29, 0.717) is 6.04 Å². The number of nitrogens with zero attached hydrogens (tertiary/aromatic N) is 3. The molecule has 2 aromatic rings. The number of nitro groups is 1. The highest BCUT2D eigenvalue weighted by molar-refractivity contribution is 7.98. The zero-order chi connectivity index (χ0) is 17.1. The van der Waals surface area contributed by atoms with Gasteiger partial charge in [-0.3, -0.25) is 10.1 Å². The summed E-state index contributed by atoms with van der Waals surface area (Å²) in [4.78, 5) is 15.1. The Labute approximate surface area is 146 Å². The number of thioether (sulfide) groups is 1. The Balaban J connectivity index is 1.75. The van der Waals surface area contributed by atoms with Gasteiger partial charge >= 0.3 is 0 Å². The highest BCUT2D eigenvalue weighted by Crippen LogP contribution is 2.35. The van der Waals surface area contributed by atoms with Crippen molar-refractivity contribution in [3.63, 3.8) is 0 Å². The standard InChI is InChI=1S/C18H23N3O2S/c1-13-14(2)20(16-6-4-3-5-7-16)18(19-13)24-12-15-8-10-17(11-9-15)21(22)23/h8-11,16H,3-7,12H2,1-2H3. The van der Waals surface area contributed by atoms with Gasteiger partial charge in [-0.2, -0.15) is 0 Å². The maximum atomic E-state index is 10.7. The van der Waals surface area contributed by atoms with Gasteiger partial charge < -0.3 is 4.57 Å². The summed E-state index contributed by atoms with van der Waals surface area (Å²) in [6, 6.07) is 7.37. The third-order valence-electron chi connectivity index (χ3n) is 4.81. The van der Waals surface area contributed by atoms with Gasteiger partial charge in [0.25, 0.3) is 5.69 Å². The molecule has 0 bridgehead atoms. The minimum Gasteiger partial charge on any atom is -0.320 e. The van der Waals surface area contributed by atoms with Crippen LogP contribution in [0.5, 0.6) is 0 Å². The fraction of sp³-hybridized carbons (Fsp3) is 0.500. The van der Waals surface area contributed by atoms with Crippen molar-refractivity contribution in [2.75, 3.05) is 0 Å². The second-order valence-electron chi connectivity index (χ2n) is 6.44. The maximum Gasteiger partial charge on any atom is 0.269 e. The Kier molecular flexibility index (Phi) is 5.23. The zero-order valence-corrected chi connectivity index (χ0v) is 15.0. The molecular weight excluding hydrogens is 322 g/mol. The molecule has 0 spiro atoms. The third kappa shape index (κ3) is 3.64. The van der Waals surface area contributed by atoms with Crippen LogP contribution in [-0.2, 0) is 5.75 Å². The molecule has 0 saturated heterocycles. The predicted octanol–water partition coefficient (Wildman–Crippen LogP) is 5.21. The summed E-state index contributed by atoms with van der Waals surface area (Å²) in [5.74, 6) is 0.778. The van der Waals surface area contributed by atoms with Gasteiger partial charge in [-0.05, 0) is 32.3 Å². The van der Waals surface area contributed by atoms with E-state index in [1.54, 1.807) is 23.9 Å². The summed E-state index contributed by atoms with van der Waals surface area (Å²) in [5, 5.41) is 11.8. The lowest BCUT2D eigenvalue weighted by Crippen LogP contribution is -2.15. The molecule has 1 fully saturated rings. The number of rotatable bonds is 5. The molecule has 0 amide bonds. The van der Waals surface area contributed by atoms with Crippen LogP contribution < -0.4 is 0 Å². The normalized spacial score (nSPS) is 15.6. The monoisotopic (exact) mass is 345 g/mol. The lowest BCUT2D eigenvalue weighted by atomic mass is 9.95. The van der Waals surface area contributed by atoms with Gasteiger partial charge in [0, 0.05) is 29.6 Å². The van der Waals surface area contributed by atoms with Crippen LogP contribution in [0, 0.1) is 24.0 Å². The smallest absolute Gasteiger partial charge is 0.269 e. The van der Waals surface area contributed by atoms with E-state index in [1.807, 2.05) is 12.1 Å². The topological polar surface area (TPSA) is 61.0 Å². The summed E-state index contributed by atoms with van der Waals surface area (Å²) in [7, 11) is 0. The van der Waals surface area contributed by atoms with E-state index in [1.165, 1.54) is 37.8 Å². The van der Waals surface area contributed by atoms with Gasteiger partial charge in [0.05, 0.1) is 10.6 Å². The number of aromatic nitrogens is 2. The molecule has 1 aliphatic rings. The van der Waals surface area contributed by atoms with Crippen molar-refractivity contribution in [3.8, 4) is 0 Å².